The number of hydrogen-bond acceptors (Lipinski definition) is 4. The number of carbonyl (C=O) groups is 2. The molecule has 0 saturated carbocycles. The molecule has 180 valence electrons. The van der Waals surface area contributed by atoms with Crippen LogP contribution in [0.1, 0.15) is 28.4 Å². The van der Waals surface area contributed by atoms with Crippen molar-refractivity contribution in [3.63, 3.8) is 0 Å². The van der Waals surface area contributed by atoms with Gasteiger partial charge in [0.25, 0.3) is 11.5 Å². The highest BCUT2D eigenvalue weighted by Crippen LogP contribution is 2.36. The van der Waals surface area contributed by atoms with Gasteiger partial charge in [0.05, 0.1) is 0 Å². The van der Waals surface area contributed by atoms with Crippen LogP contribution in [0.4, 0.5) is 21.9 Å². The number of likely N-dealkylation sites (tertiary alicyclic amines) is 1. The van der Waals surface area contributed by atoms with Crippen molar-refractivity contribution in [3.05, 3.63) is 88.3 Å². The van der Waals surface area contributed by atoms with Crippen LogP contribution >= 0.6 is 0 Å². The molecule has 0 aliphatic carbocycles. The number of fused-ring (bicyclic) bond motifs is 4. The summed E-state index contributed by atoms with van der Waals surface area (Å²) in [4.78, 5) is 42.7. The molecule has 5 rings (SSSR count). The molecule has 0 unspecified atom stereocenters. The second-order valence-corrected chi connectivity index (χ2v) is 9.48. The predicted octanol–water partition coefficient (Wildman–Crippen LogP) is 3.82. The molecule has 8 heteroatoms. The molecule has 2 N–H and O–H groups in total. The molecule has 2 atom stereocenters. The molecule has 1 saturated heterocycles. The quantitative estimate of drug-likeness (QED) is 0.606. The fraction of sp³-hybridized carbons (Fsp3) is 0.296. The van der Waals surface area contributed by atoms with E-state index in [0.29, 0.717) is 30.9 Å². The molecular weight excluding hydrogens is 442 g/mol. The van der Waals surface area contributed by atoms with Crippen molar-refractivity contribution >= 4 is 29.0 Å². The lowest BCUT2D eigenvalue weighted by Gasteiger charge is -2.43. The lowest BCUT2D eigenvalue weighted by atomic mass is 9.83. The van der Waals surface area contributed by atoms with E-state index in [0.717, 1.165) is 17.8 Å². The lowest BCUT2D eigenvalue weighted by molar-refractivity contribution is 0.0594. The Bertz CT molecular complexity index is 1300. The number of piperidine rings is 1. The average molecular weight is 472 g/mol. The Morgan fingerprint density at radius 1 is 0.886 bits per heavy atom. The Morgan fingerprint density at radius 2 is 1.63 bits per heavy atom. The molecule has 1 fully saturated rings. The maximum Gasteiger partial charge on any atom is 0.323 e. The van der Waals surface area contributed by atoms with E-state index in [1.165, 1.54) is 0 Å². The van der Waals surface area contributed by atoms with Crippen molar-refractivity contribution in [3.8, 4) is 0 Å². The summed E-state index contributed by atoms with van der Waals surface area (Å²) >= 11 is 0. The zero-order valence-electron chi connectivity index (χ0n) is 19.9. The molecule has 0 radical (unpaired) electrons. The Kier molecular flexibility index (Phi) is 6.03. The second-order valence-electron chi connectivity index (χ2n) is 9.48. The van der Waals surface area contributed by atoms with Gasteiger partial charge in [-0.25, -0.2) is 4.79 Å². The van der Waals surface area contributed by atoms with Gasteiger partial charge in [-0.05, 0) is 60.9 Å². The van der Waals surface area contributed by atoms with Crippen LogP contribution in [0.5, 0.6) is 0 Å². The maximum atomic E-state index is 13.2. The van der Waals surface area contributed by atoms with Crippen molar-refractivity contribution in [1.82, 2.24) is 9.47 Å². The summed E-state index contributed by atoms with van der Waals surface area (Å²) in [5, 5.41) is 5.42. The lowest BCUT2D eigenvalue weighted by Crippen LogP contribution is -2.49. The fourth-order valence-electron chi connectivity index (χ4n) is 5.10. The number of pyridine rings is 1. The van der Waals surface area contributed by atoms with Crippen LogP contribution < -0.4 is 21.1 Å². The van der Waals surface area contributed by atoms with Gasteiger partial charge in [0, 0.05) is 62.3 Å². The molecule has 3 aromatic rings. The Morgan fingerprint density at radius 3 is 2.34 bits per heavy atom. The van der Waals surface area contributed by atoms with Crippen molar-refractivity contribution in [1.29, 1.82) is 0 Å². The van der Waals surface area contributed by atoms with E-state index in [1.54, 1.807) is 22.8 Å². The van der Waals surface area contributed by atoms with Crippen LogP contribution in [0.3, 0.4) is 0 Å². The van der Waals surface area contributed by atoms with Gasteiger partial charge in [-0.3, -0.25) is 9.59 Å². The predicted molar refractivity (Wildman–Crippen MR) is 137 cm³/mol. The van der Waals surface area contributed by atoms with Crippen LogP contribution in [0, 0.1) is 5.92 Å². The van der Waals surface area contributed by atoms with Gasteiger partial charge in [-0.15, -0.1) is 0 Å². The number of benzene rings is 2. The first-order chi connectivity index (χ1) is 16.9. The molecular formula is C27H29N5O3. The zero-order chi connectivity index (χ0) is 24.5. The molecule has 8 nitrogen and oxygen atoms in total. The first-order valence-corrected chi connectivity index (χ1v) is 11.8. The molecule has 2 bridgehead atoms. The smallest absolute Gasteiger partial charge is 0.323 e. The van der Waals surface area contributed by atoms with Crippen molar-refractivity contribution in [2.75, 3.05) is 42.7 Å². The van der Waals surface area contributed by atoms with Gasteiger partial charge in [0.2, 0.25) is 0 Å². The summed E-state index contributed by atoms with van der Waals surface area (Å²) in [5.41, 5.74) is 3.33. The number of rotatable bonds is 4. The molecule has 2 aliphatic rings. The van der Waals surface area contributed by atoms with Gasteiger partial charge < -0.3 is 25.0 Å². The van der Waals surface area contributed by atoms with E-state index in [1.807, 2.05) is 72.4 Å². The van der Waals surface area contributed by atoms with E-state index >= 15 is 0 Å². The standard InChI is InChI=1S/C27H29N5O3/c1-30(2)22-10-8-19(9-11-22)25(33)31-15-18-14-20(17-31)24-13-12-23(26(34)32(24)16-18)29-27(35)28-21-6-4-3-5-7-21/h3-13,18,20H,14-17H2,1-2H3,(H2,28,29,35)/t18-,20+/m0/s1. The van der Waals surface area contributed by atoms with E-state index < -0.39 is 6.03 Å². The van der Waals surface area contributed by atoms with Crippen LogP contribution in [-0.4, -0.2) is 48.6 Å². The number of urea groups is 1. The molecule has 1 aromatic heterocycles. The highest BCUT2D eigenvalue weighted by molar-refractivity contribution is 5.99. The van der Waals surface area contributed by atoms with Gasteiger partial charge in [-0.2, -0.15) is 0 Å². The molecule has 2 aliphatic heterocycles. The zero-order valence-corrected chi connectivity index (χ0v) is 19.9. The summed E-state index contributed by atoms with van der Waals surface area (Å²) in [6.07, 6.45) is 0.948. The minimum absolute atomic E-state index is 0.0247. The minimum Gasteiger partial charge on any atom is -0.378 e. The summed E-state index contributed by atoms with van der Waals surface area (Å²) in [6.45, 7) is 1.72. The number of para-hydroxylation sites is 1. The fourth-order valence-corrected chi connectivity index (χ4v) is 5.10. The molecule has 3 amide bonds. The van der Waals surface area contributed by atoms with E-state index in [4.69, 9.17) is 0 Å². The van der Waals surface area contributed by atoms with Crippen molar-refractivity contribution < 1.29 is 9.59 Å². The molecule has 0 spiro atoms. The summed E-state index contributed by atoms with van der Waals surface area (Å²) in [5.74, 6) is 0.307. The van der Waals surface area contributed by atoms with Crippen LogP contribution in [0.15, 0.2) is 71.5 Å². The highest BCUT2D eigenvalue weighted by Gasteiger charge is 2.37. The topological polar surface area (TPSA) is 86.7 Å². The van der Waals surface area contributed by atoms with E-state index in [9.17, 15) is 14.4 Å². The van der Waals surface area contributed by atoms with Crippen molar-refractivity contribution in [2.45, 2.75) is 18.9 Å². The highest BCUT2D eigenvalue weighted by atomic mass is 16.2. The minimum atomic E-state index is -0.457. The number of hydrogen-bond donors (Lipinski definition) is 2. The number of carbonyl (C=O) groups excluding carboxylic acids is 2. The molecule has 2 aromatic carbocycles. The molecule has 3 heterocycles. The Hall–Kier alpha value is -4.07. The SMILES string of the molecule is CN(C)c1ccc(C(=O)N2C[C@@H]3C[C@H](C2)c2ccc(NC(=O)Nc4ccccc4)c(=O)n2C3)cc1. The van der Waals surface area contributed by atoms with Gasteiger partial charge in [0.1, 0.15) is 5.69 Å². The normalized spacial score (nSPS) is 18.4. The van der Waals surface area contributed by atoms with Gasteiger partial charge >= 0.3 is 6.03 Å². The van der Waals surface area contributed by atoms with E-state index in [-0.39, 0.29) is 29.0 Å². The van der Waals surface area contributed by atoms with Crippen LogP contribution in [-0.2, 0) is 6.54 Å². The first-order valence-electron chi connectivity index (χ1n) is 11.8. The third kappa shape index (κ3) is 4.64. The second kappa shape index (κ2) is 9.29. The Labute approximate surface area is 204 Å². The summed E-state index contributed by atoms with van der Waals surface area (Å²) in [6, 6.07) is 19.9. The third-order valence-electron chi connectivity index (χ3n) is 6.80. The maximum absolute atomic E-state index is 13.2. The number of aromatic nitrogens is 1. The Balaban J connectivity index is 1.31. The van der Waals surface area contributed by atoms with Gasteiger partial charge in [-0.1, -0.05) is 18.2 Å². The first kappa shape index (κ1) is 22.7. The van der Waals surface area contributed by atoms with Crippen molar-refractivity contribution in [2.24, 2.45) is 5.92 Å². The van der Waals surface area contributed by atoms with Gasteiger partial charge in [0.15, 0.2) is 0 Å². The third-order valence-corrected chi connectivity index (χ3v) is 6.80. The monoisotopic (exact) mass is 471 g/mol. The number of nitrogens with one attached hydrogen (secondary N) is 2. The molecule has 35 heavy (non-hydrogen) atoms. The summed E-state index contributed by atoms with van der Waals surface area (Å²) < 4.78 is 1.77. The van der Waals surface area contributed by atoms with Crippen LogP contribution in [0.25, 0.3) is 0 Å². The average Bonchev–Trinajstić information content (AvgIpc) is 2.86. The van der Waals surface area contributed by atoms with Crippen LogP contribution in [0.2, 0.25) is 0 Å². The number of anilines is 3. The van der Waals surface area contributed by atoms with E-state index in [2.05, 4.69) is 10.6 Å². The number of amides is 3. The summed E-state index contributed by atoms with van der Waals surface area (Å²) in [7, 11) is 3.94. The largest absolute Gasteiger partial charge is 0.378 e. The number of nitrogens with zero attached hydrogens (tertiary/aromatic N) is 3.